The fraction of sp³-hybridized carbons (Fsp3) is 0.364. The predicted octanol–water partition coefficient (Wildman–Crippen LogP) is 2.02. The summed E-state index contributed by atoms with van der Waals surface area (Å²) >= 11 is 0. The number of allylic oxidation sites excluding steroid dienone is 1. The van der Waals surface area contributed by atoms with E-state index in [1.165, 1.54) is 0 Å². The molecule has 0 aliphatic carbocycles. The van der Waals surface area contributed by atoms with Crippen LogP contribution < -0.4 is 0 Å². The molecule has 0 N–H and O–H groups in total. The van der Waals surface area contributed by atoms with E-state index in [9.17, 15) is 4.79 Å². The lowest BCUT2D eigenvalue weighted by atomic mass is 10.1. The molecular formula is C11H14N2O. The van der Waals surface area contributed by atoms with Gasteiger partial charge in [0.2, 0.25) is 0 Å². The lowest BCUT2D eigenvalue weighted by Gasteiger charge is -1.97. The van der Waals surface area contributed by atoms with Crippen LogP contribution in [-0.2, 0) is 4.79 Å². The maximum absolute atomic E-state index is 11.3. The van der Waals surface area contributed by atoms with Crippen LogP contribution >= 0.6 is 0 Å². The number of ketones is 1. The topological polar surface area (TPSA) is 42.9 Å². The van der Waals surface area contributed by atoms with Crippen LogP contribution in [0.4, 0.5) is 0 Å². The lowest BCUT2D eigenvalue weighted by Crippen LogP contribution is -2.02. The van der Waals surface area contributed by atoms with Gasteiger partial charge in [-0.3, -0.25) is 4.79 Å². The third-order valence-corrected chi connectivity index (χ3v) is 1.78. The van der Waals surface area contributed by atoms with Crippen LogP contribution in [0.15, 0.2) is 18.3 Å². The monoisotopic (exact) mass is 190 g/mol. The minimum Gasteiger partial charge on any atom is -0.295 e. The van der Waals surface area contributed by atoms with Crippen molar-refractivity contribution < 1.29 is 4.79 Å². The average Bonchev–Trinajstić information content (AvgIpc) is 2.14. The van der Waals surface area contributed by atoms with E-state index in [4.69, 9.17) is 0 Å². The molecule has 0 spiro atoms. The van der Waals surface area contributed by atoms with Gasteiger partial charge in [-0.25, -0.2) is 9.97 Å². The number of aryl methyl sites for hydroxylation is 1. The van der Waals surface area contributed by atoms with Crippen LogP contribution in [0, 0.1) is 12.8 Å². The van der Waals surface area contributed by atoms with Crippen LogP contribution in [0.25, 0.3) is 6.08 Å². The van der Waals surface area contributed by atoms with Gasteiger partial charge >= 0.3 is 0 Å². The fourth-order valence-corrected chi connectivity index (χ4v) is 0.927. The molecule has 0 radical (unpaired) electrons. The molecule has 0 aliphatic heterocycles. The molecule has 14 heavy (non-hydrogen) atoms. The summed E-state index contributed by atoms with van der Waals surface area (Å²) in [5.41, 5.74) is 0.770. The number of rotatable bonds is 3. The van der Waals surface area contributed by atoms with Gasteiger partial charge in [0, 0.05) is 12.1 Å². The summed E-state index contributed by atoms with van der Waals surface area (Å²) in [5.74, 6) is 0.861. The molecule has 3 nitrogen and oxygen atoms in total. The molecule has 0 aromatic carbocycles. The second-order valence-corrected chi connectivity index (χ2v) is 3.42. The molecule has 3 heteroatoms. The number of carbonyl (C=O) groups is 1. The van der Waals surface area contributed by atoms with Crippen LogP contribution in [0.3, 0.4) is 0 Å². The van der Waals surface area contributed by atoms with Crippen molar-refractivity contribution in [3.8, 4) is 0 Å². The van der Waals surface area contributed by atoms with Gasteiger partial charge in [0.25, 0.3) is 0 Å². The highest BCUT2D eigenvalue weighted by Gasteiger charge is 2.01. The number of hydrogen-bond donors (Lipinski definition) is 0. The highest BCUT2D eigenvalue weighted by molar-refractivity contribution is 5.94. The van der Waals surface area contributed by atoms with E-state index < -0.39 is 0 Å². The van der Waals surface area contributed by atoms with Gasteiger partial charge in [0.05, 0.1) is 5.69 Å². The van der Waals surface area contributed by atoms with Crippen molar-refractivity contribution in [3.05, 3.63) is 29.9 Å². The van der Waals surface area contributed by atoms with Crippen molar-refractivity contribution in [2.24, 2.45) is 5.92 Å². The number of nitrogens with zero attached hydrogens (tertiary/aromatic N) is 2. The summed E-state index contributed by atoms with van der Waals surface area (Å²) in [5, 5.41) is 0. The van der Waals surface area contributed by atoms with Crippen molar-refractivity contribution in [1.82, 2.24) is 9.97 Å². The van der Waals surface area contributed by atoms with Gasteiger partial charge in [-0.1, -0.05) is 13.8 Å². The van der Waals surface area contributed by atoms with E-state index in [1.807, 2.05) is 20.8 Å². The van der Waals surface area contributed by atoms with Crippen molar-refractivity contribution >= 4 is 11.9 Å². The first-order chi connectivity index (χ1) is 6.59. The van der Waals surface area contributed by atoms with Gasteiger partial charge in [-0.2, -0.15) is 0 Å². The zero-order valence-electron chi connectivity index (χ0n) is 8.69. The Labute approximate surface area is 83.9 Å². The molecule has 1 aromatic heterocycles. The molecule has 74 valence electrons. The maximum Gasteiger partial charge on any atom is 0.158 e. The van der Waals surface area contributed by atoms with E-state index in [-0.39, 0.29) is 11.7 Å². The molecule has 1 aromatic rings. The van der Waals surface area contributed by atoms with Crippen molar-refractivity contribution in [3.63, 3.8) is 0 Å². The molecule has 0 amide bonds. The Hall–Kier alpha value is -1.51. The summed E-state index contributed by atoms with van der Waals surface area (Å²) in [7, 11) is 0. The zero-order valence-corrected chi connectivity index (χ0v) is 8.69. The zero-order chi connectivity index (χ0) is 10.6. The molecule has 1 rings (SSSR count). The number of hydrogen-bond acceptors (Lipinski definition) is 3. The van der Waals surface area contributed by atoms with Crippen LogP contribution in [-0.4, -0.2) is 15.8 Å². The first kappa shape index (κ1) is 10.6. The Kier molecular flexibility index (Phi) is 3.51. The Bertz CT molecular complexity index is 356. The molecule has 0 aliphatic rings. The summed E-state index contributed by atoms with van der Waals surface area (Å²) in [4.78, 5) is 19.4. The van der Waals surface area contributed by atoms with E-state index in [0.717, 1.165) is 5.69 Å². The predicted molar refractivity (Wildman–Crippen MR) is 55.6 cm³/mol. The van der Waals surface area contributed by atoms with Crippen LogP contribution in [0.2, 0.25) is 0 Å². The molecule has 0 atom stereocenters. The SMILES string of the molecule is Cc1nccc(/C=C/C(=O)C(C)C)n1. The van der Waals surface area contributed by atoms with Gasteiger partial charge < -0.3 is 0 Å². The average molecular weight is 190 g/mol. The Morgan fingerprint density at radius 3 is 2.79 bits per heavy atom. The molecule has 0 saturated heterocycles. The molecular weight excluding hydrogens is 176 g/mol. The Morgan fingerprint density at radius 1 is 1.50 bits per heavy atom. The first-order valence-electron chi connectivity index (χ1n) is 4.61. The smallest absolute Gasteiger partial charge is 0.158 e. The summed E-state index contributed by atoms with van der Waals surface area (Å²) in [6.07, 6.45) is 4.96. The molecule has 1 heterocycles. The van der Waals surface area contributed by atoms with E-state index in [2.05, 4.69) is 9.97 Å². The minimum atomic E-state index is 0.0363. The lowest BCUT2D eigenvalue weighted by molar-refractivity contribution is -0.117. The number of carbonyl (C=O) groups excluding carboxylic acids is 1. The van der Waals surface area contributed by atoms with Gasteiger partial charge in [-0.15, -0.1) is 0 Å². The highest BCUT2D eigenvalue weighted by Crippen LogP contribution is 2.01. The van der Waals surface area contributed by atoms with E-state index in [1.54, 1.807) is 24.4 Å². The standard InChI is InChI=1S/C11H14N2O/c1-8(2)11(14)5-4-10-6-7-12-9(3)13-10/h4-8H,1-3H3/b5-4+. The maximum atomic E-state index is 11.3. The van der Waals surface area contributed by atoms with Crippen molar-refractivity contribution in [2.45, 2.75) is 20.8 Å². The largest absolute Gasteiger partial charge is 0.295 e. The quantitative estimate of drug-likeness (QED) is 0.685. The Balaban J connectivity index is 2.74. The van der Waals surface area contributed by atoms with Crippen LogP contribution in [0.5, 0.6) is 0 Å². The van der Waals surface area contributed by atoms with Crippen LogP contribution in [0.1, 0.15) is 25.4 Å². The normalized spacial score (nSPS) is 11.1. The number of aromatic nitrogens is 2. The summed E-state index contributed by atoms with van der Waals surface area (Å²) < 4.78 is 0. The molecule has 0 unspecified atom stereocenters. The van der Waals surface area contributed by atoms with Crippen molar-refractivity contribution in [1.29, 1.82) is 0 Å². The van der Waals surface area contributed by atoms with E-state index in [0.29, 0.717) is 5.82 Å². The summed E-state index contributed by atoms with van der Waals surface area (Å²) in [6, 6.07) is 1.77. The second-order valence-electron chi connectivity index (χ2n) is 3.42. The molecule has 0 fully saturated rings. The minimum absolute atomic E-state index is 0.0363. The third-order valence-electron chi connectivity index (χ3n) is 1.78. The van der Waals surface area contributed by atoms with Gasteiger partial charge in [0.15, 0.2) is 5.78 Å². The van der Waals surface area contributed by atoms with E-state index >= 15 is 0 Å². The van der Waals surface area contributed by atoms with Crippen molar-refractivity contribution in [2.75, 3.05) is 0 Å². The molecule has 0 saturated carbocycles. The highest BCUT2D eigenvalue weighted by atomic mass is 16.1. The fourth-order valence-electron chi connectivity index (χ4n) is 0.927. The van der Waals surface area contributed by atoms with Gasteiger partial charge in [-0.05, 0) is 25.1 Å². The second kappa shape index (κ2) is 4.65. The molecule has 0 bridgehead atoms. The van der Waals surface area contributed by atoms with Gasteiger partial charge in [0.1, 0.15) is 5.82 Å². The third kappa shape index (κ3) is 3.09. The first-order valence-corrected chi connectivity index (χ1v) is 4.61. The Morgan fingerprint density at radius 2 is 2.21 bits per heavy atom. The summed E-state index contributed by atoms with van der Waals surface area (Å²) in [6.45, 7) is 5.57.